The lowest BCUT2D eigenvalue weighted by atomic mass is 10.3. The number of halogens is 2. The van der Waals surface area contributed by atoms with E-state index in [-0.39, 0.29) is 33.4 Å². The summed E-state index contributed by atoms with van der Waals surface area (Å²) in [7, 11) is 0. The number of amides is 2. The Morgan fingerprint density at radius 2 is 1.29 bits per heavy atom. The third-order valence-corrected chi connectivity index (χ3v) is 3.63. The van der Waals surface area contributed by atoms with E-state index in [4.69, 9.17) is 32.7 Å². The standard InChI is InChI=1S/C16H22Cl2N2O4/c1-5-19-15(21)9(3)23-13-8-14(12(18)7-11(13)17)24-10(4)16(22)20-6-2/h7-10H,5-6H2,1-4H3,(H,19,21)(H,20,22)/t9-,10-/m1/s1. The molecule has 0 aliphatic carbocycles. The van der Waals surface area contributed by atoms with Crippen molar-refractivity contribution in [2.75, 3.05) is 13.1 Å². The van der Waals surface area contributed by atoms with Crippen LogP contribution < -0.4 is 20.1 Å². The van der Waals surface area contributed by atoms with Gasteiger partial charge >= 0.3 is 0 Å². The molecule has 0 heterocycles. The van der Waals surface area contributed by atoms with Crippen LogP contribution in [-0.4, -0.2) is 37.1 Å². The van der Waals surface area contributed by atoms with E-state index in [1.807, 2.05) is 13.8 Å². The molecule has 0 bridgehead atoms. The third kappa shape index (κ3) is 5.76. The summed E-state index contributed by atoms with van der Waals surface area (Å²) in [5.74, 6) is -0.0285. The Kier molecular flexibility index (Phi) is 8.15. The summed E-state index contributed by atoms with van der Waals surface area (Å²) in [5, 5.41) is 5.80. The number of hydrogen-bond donors (Lipinski definition) is 2. The Balaban J connectivity index is 2.92. The molecule has 0 aliphatic rings. The van der Waals surface area contributed by atoms with Gasteiger partial charge in [-0.2, -0.15) is 0 Å². The SMILES string of the molecule is CCNC(=O)[C@@H](C)Oc1cc(O[C@H](C)C(=O)NCC)c(Cl)cc1Cl. The second-order valence-electron chi connectivity index (χ2n) is 5.02. The summed E-state index contributed by atoms with van der Waals surface area (Å²) < 4.78 is 11.1. The third-order valence-electron chi connectivity index (χ3n) is 3.03. The maximum absolute atomic E-state index is 11.8. The Bertz CT molecular complexity index is 548. The molecule has 6 nitrogen and oxygen atoms in total. The minimum Gasteiger partial charge on any atom is -0.479 e. The number of rotatable bonds is 8. The summed E-state index contributed by atoms with van der Waals surface area (Å²) in [4.78, 5) is 23.5. The first-order valence-electron chi connectivity index (χ1n) is 7.67. The number of likely N-dealkylation sites (N-methyl/N-ethyl adjacent to an activating group) is 2. The number of nitrogens with one attached hydrogen (secondary N) is 2. The fourth-order valence-corrected chi connectivity index (χ4v) is 2.29. The Labute approximate surface area is 151 Å². The lowest BCUT2D eigenvalue weighted by molar-refractivity contribution is -0.127. The maximum atomic E-state index is 11.8. The lowest BCUT2D eigenvalue weighted by Crippen LogP contribution is -2.36. The molecule has 1 aromatic carbocycles. The lowest BCUT2D eigenvalue weighted by Gasteiger charge is -2.19. The molecule has 0 saturated heterocycles. The molecule has 1 rings (SSSR count). The van der Waals surface area contributed by atoms with Gasteiger partial charge in [-0.3, -0.25) is 9.59 Å². The van der Waals surface area contributed by atoms with Gasteiger partial charge in [-0.15, -0.1) is 0 Å². The van der Waals surface area contributed by atoms with Crippen molar-refractivity contribution in [3.63, 3.8) is 0 Å². The minimum absolute atomic E-state index is 0.245. The van der Waals surface area contributed by atoms with Crippen LogP contribution in [0.4, 0.5) is 0 Å². The topological polar surface area (TPSA) is 76.7 Å². The van der Waals surface area contributed by atoms with Crippen LogP contribution in [0.5, 0.6) is 11.5 Å². The molecule has 0 radical (unpaired) electrons. The fourth-order valence-electron chi connectivity index (χ4n) is 1.81. The van der Waals surface area contributed by atoms with Crippen molar-refractivity contribution in [2.45, 2.75) is 39.9 Å². The molecule has 2 amide bonds. The van der Waals surface area contributed by atoms with Crippen molar-refractivity contribution in [1.29, 1.82) is 0 Å². The molecular formula is C16H22Cl2N2O4. The van der Waals surface area contributed by atoms with E-state index in [0.29, 0.717) is 13.1 Å². The van der Waals surface area contributed by atoms with Gasteiger partial charge in [-0.25, -0.2) is 0 Å². The van der Waals surface area contributed by atoms with Crippen LogP contribution in [0.25, 0.3) is 0 Å². The normalized spacial score (nSPS) is 12.9. The van der Waals surface area contributed by atoms with Gasteiger partial charge in [0.2, 0.25) is 0 Å². The number of ether oxygens (including phenoxy) is 2. The largest absolute Gasteiger partial charge is 0.479 e. The highest BCUT2D eigenvalue weighted by Gasteiger charge is 2.20. The first-order valence-corrected chi connectivity index (χ1v) is 8.43. The predicted molar refractivity (Wildman–Crippen MR) is 94.0 cm³/mol. The smallest absolute Gasteiger partial charge is 0.260 e. The van der Waals surface area contributed by atoms with Gasteiger partial charge < -0.3 is 20.1 Å². The van der Waals surface area contributed by atoms with E-state index in [0.717, 1.165) is 0 Å². The van der Waals surface area contributed by atoms with Crippen molar-refractivity contribution in [3.05, 3.63) is 22.2 Å². The number of benzene rings is 1. The quantitative estimate of drug-likeness (QED) is 0.731. The molecule has 134 valence electrons. The van der Waals surface area contributed by atoms with Crippen LogP contribution in [0.1, 0.15) is 27.7 Å². The highest BCUT2D eigenvalue weighted by Crippen LogP contribution is 2.36. The average Bonchev–Trinajstić information content (AvgIpc) is 2.52. The zero-order valence-corrected chi connectivity index (χ0v) is 15.6. The predicted octanol–water partition coefficient (Wildman–Crippen LogP) is 2.80. The van der Waals surface area contributed by atoms with Crippen molar-refractivity contribution < 1.29 is 19.1 Å². The number of hydrogen-bond acceptors (Lipinski definition) is 4. The summed E-state index contributed by atoms with van der Waals surface area (Å²) in [5.41, 5.74) is 0. The Morgan fingerprint density at radius 1 is 0.917 bits per heavy atom. The molecule has 0 fully saturated rings. The molecular weight excluding hydrogens is 355 g/mol. The molecule has 2 N–H and O–H groups in total. The molecule has 2 atom stereocenters. The van der Waals surface area contributed by atoms with Gasteiger partial charge in [0.15, 0.2) is 12.2 Å². The highest BCUT2D eigenvalue weighted by molar-refractivity contribution is 6.36. The first kappa shape index (κ1) is 20.4. The molecule has 0 aromatic heterocycles. The zero-order valence-electron chi connectivity index (χ0n) is 14.1. The summed E-state index contributed by atoms with van der Waals surface area (Å²) >= 11 is 12.2. The van der Waals surface area contributed by atoms with E-state index in [1.165, 1.54) is 12.1 Å². The van der Waals surface area contributed by atoms with E-state index >= 15 is 0 Å². The van der Waals surface area contributed by atoms with Gasteiger partial charge in [-0.1, -0.05) is 23.2 Å². The van der Waals surface area contributed by atoms with E-state index in [1.54, 1.807) is 13.8 Å². The molecule has 24 heavy (non-hydrogen) atoms. The second-order valence-corrected chi connectivity index (χ2v) is 5.84. The molecule has 0 unspecified atom stereocenters. The fraction of sp³-hybridized carbons (Fsp3) is 0.500. The molecule has 0 aliphatic heterocycles. The molecule has 0 saturated carbocycles. The first-order chi connectivity index (χ1) is 11.3. The van der Waals surface area contributed by atoms with Crippen LogP contribution >= 0.6 is 23.2 Å². The highest BCUT2D eigenvalue weighted by atomic mass is 35.5. The second kappa shape index (κ2) is 9.59. The average molecular weight is 377 g/mol. The van der Waals surface area contributed by atoms with Crippen LogP contribution in [-0.2, 0) is 9.59 Å². The molecule has 8 heteroatoms. The van der Waals surface area contributed by atoms with Crippen LogP contribution in [0.15, 0.2) is 12.1 Å². The van der Waals surface area contributed by atoms with Crippen LogP contribution in [0.2, 0.25) is 10.0 Å². The van der Waals surface area contributed by atoms with E-state index in [2.05, 4.69) is 10.6 Å². The van der Waals surface area contributed by atoms with Crippen LogP contribution in [0.3, 0.4) is 0 Å². The van der Waals surface area contributed by atoms with Gasteiger partial charge in [0.1, 0.15) is 11.5 Å². The molecule has 1 aromatic rings. The summed E-state index contributed by atoms with van der Waals surface area (Å²) in [6, 6.07) is 2.92. The van der Waals surface area contributed by atoms with Gasteiger partial charge in [0.25, 0.3) is 11.8 Å². The summed E-state index contributed by atoms with van der Waals surface area (Å²) in [6.07, 6.45) is -1.48. The Hall–Kier alpha value is -1.66. The van der Waals surface area contributed by atoms with Crippen LogP contribution in [0, 0.1) is 0 Å². The Morgan fingerprint density at radius 3 is 1.62 bits per heavy atom. The molecule has 0 spiro atoms. The van der Waals surface area contributed by atoms with Gasteiger partial charge in [0.05, 0.1) is 10.0 Å². The minimum atomic E-state index is -0.739. The number of carbonyl (C=O) groups excluding carboxylic acids is 2. The van der Waals surface area contributed by atoms with E-state index in [9.17, 15) is 9.59 Å². The zero-order chi connectivity index (χ0) is 18.3. The monoisotopic (exact) mass is 376 g/mol. The maximum Gasteiger partial charge on any atom is 0.260 e. The van der Waals surface area contributed by atoms with Crippen molar-refractivity contribution in [1.82, 2.24) is 10.6 Å². The van der Waals surface area contributed by atoms with Crippen molar-refractivity contribution >= 4 is 35.0 Å². The van der Waals surface area contributed by atoms with Crippen molar-refractivity contribution in [3.8, 4) is 11.5 Å². The van der Waals surface area contributed by atoms with E-state index < -0.39 is 12.2 Å². The van der Waals surface area contributed by atoms with Gasteiger partial charge in [-0.05, 0) is 33.8 Å². The van der Waals surface area contributed by atoms with Gasteiger partial charge in [0, 0.05) is 19.2 Å². The summed E-state index contributed by atoms with van der Waals surface area (Å²) in [6.45, 7) is 7.84. The van der Waals surface area contributed by atoms with Crippen molar-refractivity contribution in [2.24, 2.45) is 0 Å². The number of carbonyl (C=O) groups is 2.